The summed E-state index contributed by atoms with van der Waals surface area (Å²) in [6.45, 7) is 0. The van der Waals surface area contributed by atoms with Gasteiger partial charge in [0.15, 0.2) is 5.78 Å². The maximum absolute atomic E-state index is 13.5. The van der Waals surface area contributed by atoms with Crippen LogP contribution in [0.3, 0.4) is 0 Å². The van der Waals surface area contributed by atoms with E-state index in [1.165, 1.54) is 19.3 Å². The van der Waals surface area contributed by atoms with E-state index in [9.17, 15) is 9.59 Å². The lowest BCUT2D eigenvalue weighted by molar-refractivity contribution is -0.0354. The van der Waals surface area contributed by atoms with Crippen molar-refractivity contribution in [1.82, 2.24) is 0 Å². The lowest BCUT2D eigenvalue weighted by Crippen LogP contribution is -2.50. The number of rotatable bonds is 3. The summed E-state index contributed by atoms with van der Waals surface area (Å²) >= 11 is 0. The van der Waals surface area contributed by atoms with Crippen LogP contribution in [-0.4, -0.2) is 19.9 Å². The average Bonchev–Trinajstić information content (AvgIpc) is 2.58. The van der Waals surface area contributed by atoms with Gasteiger partial charge in [-0.1, -0.05) is 0 Å². The van der Waals surface area contributed by atoms with E-state index in [0.717, 1.165) is 30.3 Å². The van der Waals surface area contributed by atoms with Gasteiger partial charge in [-0.2, -0.15) is 0 Å². The molecule has 26 heavy (non-hydrogen) atoms. The summed E-state index contributed by atoms with van der Waals surface area (Å²) in [6.07, 6.45) is 6.75. The molecule has 0 N–H and O–H groups in total. The summed E-state index contributed by atoms with van der Waals surface area (Å²) in [6, 6.07) is 7.54. The third-order valence-electron chi connectivity index (χ3n) is 7.00. The van der Waals surface area contributed by atoms with E-state index >= 15 is 0 Å². The van der Waals surface area contributed by atoms with E-state index in [-0.39, 0.29) is 16.8 Å². The van der Waals surface area contributed by atoms with Crippen molar-refractivity contribution >= 4 is 22.4 Å². The first-order valence-corrected chi connectivity index (χ1v) is 9.73. The molecule has 4 nitrogen and oxygen atoms in total. The van der Waals surface area contributed by atoms with Crippen LogP contribution in [0.4, 0.5) is 5.69 Å². The number of ketones is 1. The van der Waals surface area contributed by atoms with Gasteiger partial charge in [-0.3, -0.25) is 4.79 Å². The van der Waals surface area contributed by atoms with Crippen LogP contribution in [0.15, 0.2) is 33.5 Å². The number of hydrogen-bond acceptors (Lipinski definition) is 4. The molecule has 1 aromatic carbocycles. The molecule has 0 saturated heterocycles. The number of carbonyl (C=O) groups is 1. The minimum absolute atomic E-state index is 0.0453. The summed E-state index contributed by atoms with van der Waals surface area (Å²) in [5.41, 5.74) is 0.996. The van der Waals surface area contributed by atoms with Crippen molar-refractivity contribution < 1.29 is 9.21 Å². The summed E-state index contributed by atoms with van der Waals surface area (Å²) in [7, 11) is 3.90. The molecule has 0 spiro atoms. The van der Waals surface area contributed by atoms with Crippen molar-refractivity contribution in [3.05, 3.63) is 40.2 Å². The number of anilines is 1. The first-order chi connectivity index (χ1) is 12.4. The van der Waals surface area contributed by atoms with Gasteiger partial charge < -0.3 is 9.32 Å². The minimum Gasteiger partial charge on any atom is -0.422 e. The molecule has 4 bridgehead atoms. The molecule has 136 valence electrons. The maximum atomic E-state index is 13.5. The summed E-state index contributed by atoms with van der Waals surface area (Å²) < 4.78 is 5.56. The third kappa shape index (κ3) is 2.34. The van der Waals surface area contributed by atoms with Crippen molar-refractivity contribution in [3.8, 4) is 0 Å². The number of Topliss-reactive ketones (excluding diaryl/α,β-unsaturated/α-hetero) is 1. The number of hydrogen-bond donors (Lipinski definition) is 0. The Morgan fingerprint density at radius 1 is 1.04 bits per heavy atom. The van der Waals surface area contributed by atoms with Gasteiger partial charge >= 0.3 is 5.63 Å². The van der Waals surface area contributed by atoms with E-state index < -0.39 is 5.63 Å². The molecule has 1 heterocycles. The van der Waals surface area contributed by atoms with Crippen LogP contribution in [-0.2, 0) is 0 Å². The van der Waals surface area contributed by atoms with Crippen molar-refractivity contribution in [2.24, 2.45) is 23.2 Å². The van der Waals surface area contributed by atoms with E-state index in [4.69, 9.17) is 4.42 Å². The normalized spacial score (nSPS) is 32.2. The second-order valence-electron chi connectivity index (χ2n) is 9.09. The zero-order chi connectivity index (χ0) is 18.1. The topological polar surface area (TPSA) is 50.5 Å². The second kappa shape index (κ2) is 5.45. The van der Waals surface area contributed by atoms with E-state index in [1.54, 1.807) is 6.07 Å². The molecule has 4 aliphatic carbocycles. The number of carbonyl (C=O) groups excluding carboxylic acids is 1. The third-order valence-corrected chi connectivity index (χ3v) is 7.00. The monoisotopic (exact) mass is 351 g/mol. The first-order valence-electron chi connectivity index (χ1n) is 9.73. The van der Waals surface area contributed by atoms with Crippen molar-refractivity contribution in [3.63, 3.8) is 0 Å². The fourth-order valence-electron chi connectivity index (χ4n) is 6.21. The highest BCUT2D eigenvalue weighted by molar-refractivity contribution is 6.02. The quantitative estimate of drug-likeness (QED) is 0.612. The molecule has 6 rings (SSSR count). The Kier molecular flexibility index (Phi) is 3.37. The standard InChI is InChI=1S/C22H25NO3/c1-23(2)17-4-3-16-8-18(21(25)26-19(16)9-17)20(24)22-10-13-5-14(11-22)7-15(6-13)12-22/h3-4,8-9,13-15H,5-7,10-12H2,1-2H3. The van der Waals surface area contributed by atoms with Gasteiger partial charge in [-0.15, -0.1) is 0 Å². The molecule has 0 atom stereocenters. The molecule has 1 aromatic heterocycles. The highest BCUT2D eigenvalue weighted by Crippen LogP contribution is 2.60. The fourth-order valence-corrected chi connectivity index (χ4v) is 6.21. The first kappa shape index (κ1) is 16.1. The molecular formula is C22H25NO3. The molecule has 4 saturated carbocycles. The maximum Gasteiger partial charge on any atom is 0.347 e. The Hall–Kier alpha value is -2.10. The zero-order valence-corrected chi connectivity index (χ0v) is 15.5. The van der Waals surface area contributed by atoms with Crippen LogP contribution in [0.1, 0.15) is 48.9 Å². The Labute approximate surface area is 153 Å². The van der Waals surface area contributed by atoms with Crippen molar-refractivity contribution in [2.75, 3.05) is 19.0 Å². The molecular weight excluding hydrogens is 326 g/mol. The Bertz CT molecular complexity index is 920. The predicted octanol–water partition coefficient (Wildman–Crippen LogP) is 4.26. The Balaban J connectivity index is 1.56. The van der Waals surface area contributed by atoms with Crippen LogP contribution in [0, 0.1) is 23.2 Å². The summed E-state index contributed by atoms with van der Waals surface area (Å²) in [5.74, 6) is 2.09. The fraction of sp³-hybridized carbons (Fsp3) is 0.545. The largest absolute Gasteiger partial charge is 0.422 e. The SMILES string of the molecule is CN(C)c1ccc2cc(C(=O)C34CC5CC(CC(C5)C3)C4)c(=O)oc2c1. The van der Waals surface area contributed by atoms with Gasteiger partial charge in [0, 0.05) is 36.7 Å². The zero-order valence-electron chi connectivity index (χ0n) is 15.5. The van der Waals surface area contributed by atoms with Crippen LogP contribution >= 0.6 is 0 Å². The molecule has 4 aliphatic rings. The highest BCUT2D eigenvalue weighted by atomic mass is 16.4. The molecule has 4 fully saturated rings. The lowest BCUT2D eigenvalue weighted by Gasteiger charge is -2.55. The molecule has 0 unspecified atom stereocenters. The van der Waals surface area contributed by atoms with Crippen LogP contribution < -0.4 is 10.5 Å². The molecule has 0 aliphatic heterocycles. The number of nitrogens with zero attached hydrogens (tertiary/aromatic N) is 1. The molecule has 4 heteroatoms. The smallest absolute Gasteiger partial charge is 0.347 e. The lowest BCUT2D eigenvalue weighted by atomic mass is 9.48. The van der Waals surface area contributed by atoms with Gasteiger partial charge in [0.1, 0.15) is 11.1 Å². The van der Waals surface area contributed by atoms with Gasteiger partial charge in [-0.25, -0.2) is 4.79 Å². The van der Waals surface area contributed by atoms with E-state index in [2.05, 4.69) is 0 Å². The van der Waals surface area contributed by atoms with Crippen molar-refractivity contribution in [2.45, 2.75) is 38.5 Å². The summed E-state index contributed by atoms with van der Waals surface area (Å²) in [5, 5.41) is 0.822. The van der Waals surface area contributed by atoms with Crippen LogP contribution in [0.5, 0.6) is 0 Å². The molecule has 0 amide bonds. The molecule has 2 aromatic rings. The van der Waals surface area contributed by atoms with E-state index in [1.807, 2.05) is 37.2 Å². The van der Waals surface area contributed by atoms with Crippen LogP contribution in [0.25, 0.3) is 11.0 Å². The predicted molar refractivity (Wildman–Crippen MR) is 102 cm³/mol. The number of fused-ring (bicyclic) bond motifs is 1. The minimum atomic E-state index is -0.478. The van der Waals surface area contributed by atoms with Gasteiger partial charge in [0.05, 0.1) is 0 Å². The highest BCUT2D eigenvalue weighted by Gasteiger charge is 2.55. The Morgan fingerprint density at radius 2 is 1.65 bits per heavy atom. The summed E-state index contributed by atoms with van der Waals surface area (Å²) in [4.78, 5) is 28.1. The van der Waals surface area contributed by atoms with E-state index in [0.29, 0.717) is 23.3 Å². The molecule has 0 radical (unpaired) electrons. The average molecular weight is 351 g/mol. The van der Waals surface area contributed by atoms with Crippen molar-refractivity contribution in [1.29, 1.82) is 0 Å². The second-order valence-corrected chi connectivity index (χ2v) is 9.09. The van der Waals surface area contributed by atoms with Gasteiger partial charge in [-0.05, 0) is 74.5 Å². The van der Waals surface area contributed by atoms with Gasteiger partial charge in [0.2, 0.25) is 0 Å². The number of benzene rings is 1. The Morgan fingerprint density at radius 3 is 2.23 bits per heavy atom. The van der Waals surface area contributed by atoms with Crippen LogP contribution in [0.2, 0.25) is 0 Å². The van der Waals surface area contributed by atoms with Gasteiger partial charge in [0.25, 0.3) is 0 Å².